The molecular formula is C26H27N5O2S. The van der Waals surface area contributed by atoms with Crippen LogP contribution >= 0.6 is 11.3 Å². The van der Waals surface area contributed by atoms with Crippen molar-refractivity contribution in [2.24, 2.45) is 0 Å². The second kappa shape index (κ2) is 10.5. The highest BCUT2D eigenvalue weighted by molar-refractivity contribution is 7.09. The molecule has 3 aromatic rings. The fraction of sp³-hybridized carbons (Fsp3) is 0.308. The fourth-order valence-corrected chi connectivity index (χ4v) is 4.84. The smallest absolute Gasteiger partial charge is 0.319 e. The molecule has 0 atom stereocenters. The summed E-state index contributed by atoms with van der Waals surface area (Å²) in [5.74, 6) is 0.359. The van der Waals surface area contributed by atoms with Crippen LogP contribution in [-0.4, -0.2) is 34.9 Å². The molecule has 0 unspecified atom stereocenters. The Morgan fingerprint density at radius 2 is 1.88 bits per heavy atom. The standard InChI is InChI=1S/C26H27N5O2S/c1-17-3-6-22(13-23(17)30-26(33)28-15-24-29-18(2)16-34-24)25(32)31-11-9-21(10-12-31)20-7-4-19(14-27)5-8-20/h3-8,13,16,21H,9-12,15H2,1-2H3,(H2,28,30,33). The van der Waals surface area contributed by atoms with Crippen LogP contribution in [0.3, 0.4) is 0 Å². The molecule has 0 bridgehead atoms. The molecule has 1 aliphatic heterocycles. The van der Waals surface area contributed by atoms with Crippen LogP contribution in [0, 0.1) is 25.2 Å². The Bertz CT molecular complexity index is 1220. The third-order valence-electron chi connectivity index (χ3n) is 6.09. The molecule has 0 radical (unpaired) electrons. The number of amides is 3. The van der Waals surface area contributed by atoms with Gasteiger partial charge in [-0.25, -0.2) is 9.78 Å². The summed E-state index contributed by atoms with van der Waals surface area (Å²) < 4.78 is 0. The van der Waals surface area contributed by atoms with Crippen molar-refractivity contribution in [2.75, 3.05) is 18.4 Å². The van der Waals surface area contributed by atoms with E-state index >= 15 is 0 Å². The normalized spacial score (nSPS) is 13.9. The zero-order valence-electron chi connectivity index (χ0n) is 19.3. The number of likely N-dealkylation sites (tertiary alicyclic amines) is 1. The maximum Gasteiger partial charge on any atom is 0.319 e. The van der Waals surface area contributed by atoms with Gasteiger partial charge >= 0.3 is 6.03 Å². The first-order chi connectivity index (χ1) is 16.4. The van der Waals surface area contributed by atoms with E-state index in [1.54, 1.807) is 6.07 Å². The summed E-state index contributed by atoms with van der Waals surface area (Å²) in [4.78, 5) is 31.7. The van der Waals surface area contributed by atoms with Crippen molar-refractivity contribution in [3.05, 3.63) is 80.8 Å². The molecule has 0 aliphatic carbocycles. The zero-order chi connectivity index (χ0) is 24.1. The van der Waals surface area contributed by atoms with Crippen molar-refractivity contribution in [1.29, 1.82) is 5.26 Å². The Morgan fingerprint density at radius 3 is 2.53 bits per heavy atom. The predicted octanol–water partition coefficient (Wildman–Crippen LogP) is 4.97. The predicted molar refractivity (Wildman–Crippen MR) is 133 cm³/mol. The lowest BCUT2D eigenvalue weighted by molar-refractivity contribution is 0.0713. The highest BCUT2D eigenvalue weighted by Gasteiger charge is 2.25. The zero-order valence-corrected chi connectivity index (χ0v) is 20.1. The van der Waals surface area contributed by atoms with Gasteiger partial charge in [-0.2, -0.15) is 5.26 Å². The number of rotatable bonds is 5. The van der Waals surface area contributed by atoms with Gasteiger partial charge in [-0.3, -0.25) is 4.79 Å². The van der Waals surface area contributed by atoms with E-state index in [1.165, 1.54) is 16.9 Å². The first-order valence-corrected chi connectivity index (χ1v) is 12.2. The average Bonchev–Trinajstić information content (AvgIpc) is 3.29. The molecule has 4 rings (SSSR count). The summed E-state index contributed by atoms with van der Waals surface area (Å²) in [6.07, 6.45) is 1.76. The maximum atomic E-state index is 13.1. The quantitative estimate of drug-likeness (QED) is 0.546. The lowest BCUT2D eigenvalue weighted by atomic mass is 9.89. The molecule has 1 fully saturated rings. The number of carbonyl (C=O) groups is 2. The summed E-state index contributed by atoms with van der Waals surface area (Å²) in [7, 11) is 0. The summed E-state index contributed by atoms with van der Waals surface area (Å²) in [6.45, 7) is 5.52. The largest absolute Gasteiger partial charge is 0.339 e. The summed E-state index contributed by atoms with van der Waals surface area (Å²) >= 11 is 1.51. The van der Waals surface area contributed by atoms with Crippen LogP contribution in [0.4, 0.5) is 10.5 Å². The molecular weight excluding hydrogens is 446 g/mol. The Kier molecular flexibility index (Phi) is 7.24. The minimum atomic E-state index is -0.330. The SMILES string of the molecule is Cc1csc(CNC(=O)Nc2cc(C(=O)N3CCC(c4ccc(C#N)cc4)CC3)ccc2C)n1. The second-order valence-electron chi connectivity index (χ2n) is 8.52. The molecule has 1 aromatic heterocycles. The first kappa shape index (κ1) is 23.5. The van der Waals surface area contributed by atoms with E-state index in [0.717, 1.165) is 29.1 Å². The Balaban J connectivity index is 1.34. The van der Waals surface area contributed by atoms with Gasteiger partial charge in [-0.05, 0) is 68.0 Å². The van der Waals surface area contributed by atoms with Crippen molar-refractivity contribution in [1.82, 2.24) is 15.2 Å². The maximum absolute atomic E-state index is 13.1. The number of carbonyl (C=O) groups excluding carboxylic acids is 2. The Hall–Kier alpha value is -3.70. The number of aryl methyl sites for hydroxylation is 2. The lowest BCUT2D eigenvalue weighted by Crippen LogP contribution is -2.38. The van der Waals surface area contributed by atoms with E-state index in [9.17, 15) is 9.59 Å². The van der Waals surface area contributed by atoms with Gasteiger partial charge in [0, 0.05) is 35.4 Å². The molecule has 2 aromatic carbocycles. The molecule has 2 N–H and O–H groups in total. The molecule has 8 heteroatoms. The van der Waals surface area contributed by atoms with E-state index < -0.39 is 0 Å². The van der Waals surface area contributed by atoms with Gasteiger partial charge in [0.2, 0.25) is 0 Å². The van der Waals surface area contributed by atoms with Crippen molar-refractivity contribution in [2.45, 2.75) is 39.2 Å². The average molecular weight is 474 g/mol. The van der Waals surface area contributed by atoms with Gasteiger partial charge in [-0.15, -0.1) is 11.3 Å². The number of nitriles is 1. The molecule has 0 spiro atoms. The molecule has 1 saturated heterocycles. The molecule has 7 nitrogen and oxygen atoms in total. The van der Waals surface area contributed by atoms with Crippen LogP contribution in [0.15, 0.2) is 47.8 Å². The number of nitrogens with zero attached hydrogens (tertiary/aromatic N) is 3. The number of aromatic nitrogens is 1. The van der Waals surface area contributed by atoms with Crippen LogP contribution in [-0.2, 0) is 6.54 Å². The molecule has 3 amide bonds. The number of anilines is 1. The lowest BCUT2D eigenvalue weighted by Gasteiger charge is -2.32. The molecule has 2 heterocycles. The third-order valence-corrected chi connectivity index (χ3v) is 7.06. The monoisotopic (exact) mass is 473 g/mol. The van der Waals surface area contributed by atoms with Crippen molar-refractivity contribution in [3.63, 3.8) is 0 Å². The molecule has 1 aliphatic rings. The van der Waals surface area contributed by atoms with Crippen LogP contribution in [0.2, 0.25) is 0 Å². The van der Waals surface area contributed by atoms with E-state index in [0.29, 0.717) is 42.4 Å². The third kappa shape index (κ3) is 5.61. The highest BCUT2D eigenvalue weighted by atomic mass is 32.1. The number of nitrogens with one attached hydrogen (secondary N) is 2. The number of thiazole rings is 1. The highest BCUT2D eigenvalue weighted by Crippen LogP contribution is 2.29. The second-order valence-corrected chi connectivity index (χ2v) is 9.46. The Morgan fingerprint density at radius 1 is 1.15 bits per heavy atom. The topological polar surface area (TPSA) is 98.1 Å². The van der Waals surface area contributed by atoms with Crippen molar-refractivity contribution in [3.8, 4) is 6.07 Å². The van der Waals surface area contributed by atoms with Crippen LogP contribution in [0.1, 0.15) is 56.5 Å². The van der Waals surface area contributed by atoms with Gasteiger partial charge in [0.1, 0.15) is 5.01 Å². The van der Waals surface area contributed by atoms with Gasteiger partial charge in [-0.1, -0.05) is 18.2 Å². The number of hydrogen-bond donors (Lipinski definition) is 2. The molecule has 0 saturated carbocycles. The van der Waals surface area contributed by atoms with Gasteiger partial charge in [0.05, 0.1) is 18.2 Å². The van der Waals surface area contributed by atoms with E-state index in [-0.39, 0.29) is 11.9 Å². The van der Waals surface area contributed by atoms with E-state index in [2.05, 4.69) is 21.7 Å². The molecule has 34 heavy (non-hydrogen) atoms. The van der Waals surface area contributed by atoms with Gasteiger partial charge < -0.3 is 15.5 Å². The number of hydrogen-bond acceptors (Lipinski definition) is 5. The van der Waals surface area contributed by atoms with E-state index in [4.69, 9.17) is 5.26 Å². The van der Waals surface area contributed by atoms with Crippen molar-refractivity contribution < 1.29 is 9.59 Å². The number of urea groups is 1. The van der Waals surface area contributed by atoms with Crippen LogP contribution < -0.4 is 10.6 Å². The summed E-state index contributed by atoms with van der Waals surface area (Å²) in [5, 5.41) is 17.4. The minimum Gasteiger partial charge on any atom is -0.339 e. The van der Waals surface area contributed by atoms with Gasteiger partial charge in [0.25, 0.3) is 5.91 Å². The van der Waals surface area contributed by atoms with Gasteiger partial charge in [0.15, 0.2) is 0 Å². The minimum absolute atomic E-state index is 0.0278. The fourth-order valence-electron chi connectivity index (χ4n) is 4.12. The Labute approximate surface area is 203 Å². The number of piperidine rings is 1. The summed E-state index contributed by atoms with van der Waals surface area (Å²) in [5.41, 5.74) is 4.87. The first-order valence-electron chi connectivity index (χ1n) is 11.3. The molecule has 174 valence electrons. The summed E-state index contributed by atoms with van der Waals surface area (Å²) in [6, 6.07) is 15.0. The number of benzene rings is 2. The van der Waals surface area contributed by atoms with Crippen LogP contribution in [0.5, 0.6) is 0 Å². The van der Waals surface area contributed by atoms with Crippen LogP contribution in [0.25, 0.3) is 0 Å². The van der Waals surface area contributed by atoms with E-state index in [1.807, 2.05) is 60.5 Å². The van der Waals surface area contributed by atoms with Crippen molar-refractivity contribution >= 4 is 29.0 Å².